The Morgan fingerprint density at radius 2 is 1.67 bits per heavy atom. The first kappa shape index (κ1) is 8.35. The molecule has 2 fully saturated rings. The molecule has 4 heteroatoms. The maximum Gasteiger partial charge on any atom is 0.393 e. The van der Waals surface area contributed by atoms with Gasteiger partial charge in [0.1, 0.15) is 0 Å². The first-order valence-electron chi connectivity index (χ1n) is 4.40. The Morgan fingerprint density at radius 3 is 2.33 bits per heavy atom. The van der Waals surface area contributed by atoms with E-state index in [9.17, 15) is 13.2 Å². The zero-order valence-corrected chi connectivity index (χ0v) is 6.69. The lowest BCUT2D eigenvalue weighted by molar-refractivity contribution is -0.186. The average molecular weight is 179 g/mol. The van der Waals surface area contributed by atoms with E-state index in [4.69, 9.17) is 0 Å². The largest absolute Gasteiger partial charge is 0.393 e. The van der Waals surface area contributed by atoms with Crippen molar-refractivity contribution in [3.05, 3.63) is 0 Å². The molecular weight excluding hydrogens is 167 g/mol. The van der Waals surface area contributed by atoms with E-state index in [1.807, 2.05) is 0 Å². The van der Waals surface area contributed by atoms with Crippen LogP contribution in [0.3, 0.4) is 0 Å². The van der Waals surface area contributed by atoms with Crippen molar-refractivity contribution < 1.29 is 13.2 Å². The normalized spacial score (nSPS) is 41.8. The molecule has 0 aromatic rings. The zero-order valence-electron chi connectivity index (χ0n) is 6.69. The topological polar surface area (TPSA) is 12.0 Å². The van der Waals surface area contributed by atoms with Gasteiger partial charge in [0, 0.05) is 12.1 Å². The molecule has 3 atom stereocenters. The summed E-state index contributed by atoms with van der Waals surface area (Å²) in [5.74, 6) is -1.09. The summed E-state index contributed by atoms with van der Waals surface area (Å²) in [5, 5.41) is 3.03. The van der Waals surface area contributed by atoms with Crippen LogP contribution in [0.15, 0.2) is 0 Å². The van der Waals surface area contributed by atoms with Gasteiger partial charge in [-0.2, -0.15) is 13.2 Å². The van der Waals surface area contributed by atoms with Crippen LogP contribution in [-0.4, -0.2) is 18.3 Å². The molecule has 0 amide bonds. The van der Waals surface area contributed by atoms with Gasteiger partial charge in [0.05, 0.1) is 5.92 Å². The number of piperidine rings is 1. The Morgan fingerprint density at radius 1 is 1.00 bits per heavy atom. The minimum Gasteiger partial charge on any atom is -0.311 e. The van der Waals surface area contributed by atoms with E-state index >= 15 is 0 Å². The molecule has 2 heterocycles. The highest BCUT2D eigenvalue weighted by Gasteiger charge is 2.49. The molecule has 0 aromatic carbocycles. The molecule has 12 heavy (non-hydrogen) atoms. The second kappa shape index (κ2) is 2.62. The SMILES string of the molecule is FC(F)(F)[C@@H]1CC[C@H]2CC[C@H]1N2. The lowest BCUT2D eigenvalue weighted by Crippen LogP contribution is -2.46. The summed E-state index contributed by atoms with van der Waals surface area (Å²) in [4.78, 5) is 0. The standard InChI is InChI=1S/C8H12F3N/c9-8(10,11)6-3-1-5-2-4-7(6)12-5/h5-7,12H,1-4H2/t5-,6+,7+/m0/s1. The fourth-order valence-electron chi connectivity index (χ4n) is 2.37. The molecule has 2 bridgehead atoms. The maximum absolute atomic E-state index is 12.4. The van der Waals surface area contributed by atoms with Crippen LogP contribution in [0, 0.1) is 5.92 Å². The summed E-state index contributed by atoms with van der Waals surface area (Å²) in [6.45, 7) is 0. The first-order chi connectivity index (χ1) is 5.57. The van der Waals surface area contributed by atoms with Crippen LogP contribution in [0.25, 0.3) is 0 Å². The van der Waals surface area contributed by atoms with Crippen molar-refractivity contribution in [2.24, 2.45) is 5.92 Å². The predicted octanol–water partition coefficient (Wildman–Crippen LogP) is 2.08. The fraction of sp³-hybridized carbons (Fsp3) is 1.00. The fourth-order valence-corrected chi connectivity index (χ4v) is 2.37. The summed E-state index contributed by atoms with van der Waals surface area (Å²) in [6.07, 6.45) is -1.34. The van der Waals surface area contributed by atoms with E-state index in [-0.39, 0.29) is 6.04 Å². The van der Waals surface area contributed by atoms with Gasteiger partial charge in [0.15, 0.2) is 0 Å². The van der Waals surface area contributed by atoms with Gasteiger partial charge in [-0.15, -0.1) is 0 Å². The monoisotopic (exact) mass is 179 g/mol. The van der Waals surface area contributed by atoms with E-state index in [2.05, 4.69) is 5.32 Å². The Kier molecular flexibility index (Phi) is 1.82. The Hall–Kier alpha value is -0.250. The van der Waals surface area contributed by atoms with E-state index in [1.54, 1.807) is 0 Å². The molecule has 0 aromatic heterocycles. The third-order valence-electron chi connectivity index (χ3n) is 3.01. The highest BCUT2D eigenvalue weighted by Crippen LogP contribution is 2.40. The van der Waals surface area contributed by atoms with E-state index < -0.39 is 12.1 Å². The van der Waals surface area contributed by atoms with Crippen molar-refractivity contribution in [2.75, 3.05) is 0 Å². The number of hydrogen-bond acceptors (Lipinski definition) is 1. The Bertz CT molecular complexity index is 178. The highest BCUT2D eigenvalue weighted by molar-refractivity contribution is 4.95. The Labute approximate surface area is 69.3 Å². The molecule has 0 unspecified atom stereocenters. The summed E-state index contributed by atoms with van der Waals surface area (Å²) in [7, 11) is 0. The molecule has 2 aliphatic rings. The van der Waals surface area contributed by atoms with Crippen LogP contribution in [0.2, 0.25) is 0 Å². The number of alkyl halides is 3. The van der Waals surface area contributed by atoms with Gasteiger partial charge >= 0.3 is 6.18 Å². The van der Waals surface area contributed by atoms with Gasteiger partial charge in [-0.3, -0.25) is 0 Å². The first-order valence-corrected chi connectivity index (χ1v) is 4.40. The molecule has 2 saturated heterocycles. The number of rotatable bonds is 0. The van der Waals surface area contributed by atoms with Gasteiger partial charge in [-0.1, -0.05) is 0 Å². The molecule has 1 nitrogen and oxygen atoms in total. The van der Waals surface area contributed by atoms with Crippen molar-refractivity contribution in [2.45, 2.75) is 43.9 Å². The van der Waals surface area contributed by atoms with Gasteiger partial charge in [-0.25, -0.2) is 0 Å². The number of fused-ring (bicyclic) bond motifs is 2. The number of hydrogen-bond donors (Lipinski definition) is 1. The van der Waals surface area contributed by atoms with Gasteiger partial charge in [0.2, 0.25) is 0 Å². The van der Waals surface area contributed by atoms with Crippen LogP contribution in [0.4, 0.5) is 13.2 Å². The van der Waals surface area contributed by atoms with E-state index in [0.29, 0.717) is 25.3 Å². The second-order valence-electron chi connectivity index (χ2n) is 3.77. The number of halogens is 3. The van der Waals surface area contributed by atoms with Gasteiger partial charge < -0.3 is 5.32 Å². The van der Waals surface area contributed by atoms with Crippen LogP contribution >= 0.6 is 0 Å². The van der Waals surface area contributed by atoms with Gasteiger partial charge in [-0.05, 0) is 25.7 Å². The molecule has 2 rings (SSSR count). The molecule has 0 radical (unpaired) electrons. The third kappa shape index (κ3) is 1.32. The van der Waals surface area contributed by atoms with Crippen molar-refractivity contribution in [1.29, 1.82) is 0 Å². The van der Waals surface area contributed by atoms with Crippen molar-refractivity contribution in [1.82, 2.24) is 5.32 Å². The molecule has 0 spiro atoms. The zero-order chi connectivity index (χ0) is 8.77. The maximum atomic E-state index is 12.4. The predicted molar refractivity (Wildman–Crippen MR) is 38.7 cm³/mol. The summed E-state index contributed by atoms with van der Waals surface area (Å²) in [6, 6.07) is 0.0809. The van der Waals surface area contributed by atoms with Crippen molar-refractivity contribution in [3.8, 4) is 0 Å². The molecule has 70 valence electrons. The summed E-state index contributed by atoms with van der Waals surface area (Å²) in [5.41, 5.74) is 0. The lowest BCUT2D eigenvalue weighted by atomic mass is 9.92. The van der Waals surface area contributed by atoms with Crippen LogP contribution < -0.4 is 5.32 Å². The number of nitrogens with one attached hydrogen (secondary N) is 1. The van der Waals surface area contributed by atoms with E-state index in [0.717, 1.165) is 6.42 Å². The minimum atomic E-state index is -3.99. The molecule has 0 saturated carbocycles. The van der Waals surface area contributed by atoms with Crippen LogP contribution in [0.1, 0.15) is 25.7 Å². The molecule has 1 N–H and O–H groups in total. The van der Waals surface area contributed by atoms with Crippen LogP contribution in [-0.2, 0) is 0 Å². The third-order valence-corrected chi connectivity index (χ3v) is 3.01. The van der Waals surface area contributed by atoms with Crippen LogP contribution in [0.5, 0.6) is 0 Å². The minimum absolute atomic E-state index is 0.288. The average Bonchev–Trinajstić information content (AvgIpc) is 2.30. The van der Waals surface area contributed by atoms with Gasteiger partial charge in [0.25, 0.3) is 0 Å². The quantitative estimate of drug-likeness (QED) is 0.600. The molecule has 2 aliphatic heterocycles. The highest BCUT2D eigenvalue weighted by atomic mass is 19.4. The smallest absolute Gasteiger partial charge is 0.311 e. The second-order valence-corrected chi connectivity index (χ2v) is 3.77. The summed E-state index contributed by atoms with van der Waals surface area (Å²) < 4.78 is 37.1. The van der Waals surface area contributed by atoms with Crippen molar-refractivity contribution >= 4 is 0 Å². The Balaban J connectivity index is 2.07. The van der Waals surface area contributed by atoms with Crippen molar-refractivity contribution in [3.63, 3.8) is 0 Å². The summed E-state index contributed by atoms with van der Waals surface area (Å²) >= 11 is 0. The van der Waals surface area contributed by atoms with E-state index in [1.165, 1.54) is 0 Å². The lowest BCUT2D eigenvalue weighted by Gasteiger charge is -2.31. The molecular formula is C8H12F3N. The molecule has 0 aliphatic carbocycles.